The van der Waals surface area contributed by atoms with Gasteiger partial charge in [-0.25, -0.2) is 0 Å². The molecule has 0 aromatic carbocycles. The minimum Gasteiger partial charge on any atom is -0.391 e. The topological polar surface area (TPSA) is 328 Å². The molecule has 25 heteroatoms. The Balaban J connectivity index is 4.36. The van der Waals surface area contributed by atoms with Crippen molar-refractivity contribution in [2.24, 2.45) is 35.5 Å². The average Bonchev–Trinajstić information content (AvgIpc) is 2.28. The number of hydrogen-bond acceptors (Lipinski definition) is 14. The summed E-state index contributed by atoms with van der Waals surface area (Å²) in [4.78, 5) is 166. The van der Waals surface area contributed by atoms with Crippen molar-refractivity contribution in [2.45, 2.75) is 235 Å². The summed E-state index contributed by atoms with van der Waals surface area (Å²) in [5, 5.41) is 47.8. The highest BCUT2D eigenvalue weighted by Crippen LogP contribution is 2.24. The Bertz CT molecular complexity index is 2360. The third-order valence-corrected chi connectivity index (χ3v) is 15.9. The van der Waals surface area contributed by atoms with Crippen molar-refractivity contribution in [3.05, 3.63) is 12.2 Å². The Hall–Kier alpha value is -6.21. The number of hydrogen-bond donors (Lipinski definition) is 8. The summed E-state index contributed by atoms with van der Waals surface area (Å²) >= 11 is 0. The molecule has 8 N–H and O–H groups in total. The van der Waals surface area contributed by atoms with Crippen LogP contribution < -0.4 is 26.6 Å². The molecule has 0 aliphatic carbocycles. The van der Waals surface area contributed by atoms with Crippen LogP contribution in [0.4, 0.5) is 0 Å². The number of aliphatic hydroxyl groups is 3. The van der Waals surface area contributed by atoms with E-state index in [1.54, 1.807) is 53.7 Å². The molecule has 0 bridgehead atoms. The molecule has 1 unspecified atom stereocenters. The van der Waals surface area contributed by atoms with Crippen molar-refractivity contribution in [3.8, 4) is 0 Å². The van der Waals surface area contributed by atoms with Gasteiger partial charge in [-0.1, -0.05) is 88.3 Å². The molecule has 1 fully saturated rings. The molecule has 0 aromatic rings. The van der Waals surface area contributed by atoms with Gasteiger partial charge in [0.2, 0.25) is 65.0 Å². The van der Waals surface area contributed by atoms with Crippen molar-refractivity contribution in [1.82, 2.24) is 56.0 Å². The summed E-state index contributed by atoms with van der Waals surface area (Å²) in [6.07, 6.45) is -0.776. The van der Waals surface area contributed by atoms with E-state index in [2.05, 4.69) is 26.6 Å². The first kappa shape index (κ1) is 77.8. The monoisotopic (exact) mass is 1220 g/mol. The zero-order chi connectivity index (χ0) is 66.8. The molecule has 11 amide bonds. The smallest absolute Gasteiger partial charge is 0.248 e. The van der Waals surface area contributed by atoms with E-state index < -0.39 is 162 Å². The Morgan fingerprint density at radius 1 is 0.407 bits per heavy atom. The second kappa shape index (κ2) is 35.0. The van der Waals surface area contributed by atoms with E-state index in [0.717, 1.165) is 19.6 Å². The third kappa shape index (κ3) is 21.6. The van der Waals surface area contributed by atoms with Gasteiger partial charge in [-0.15, -0.1) is 0 Å². The van der Waals surface area contributed by atoms with Gasteiger partial charge in [0.15, 0.2) is 0 Å². The van der Waals surface area contributed by atoms with E-state index in [1.165, 1.54) is 86.7 Å². The molecule has 1 heterocycles. The predicted octanol–water partition coefficient (Wildman–Crippen LogP) is 1.01. The van der Waals surface area contributed by atoms with Crippen molar-refractivity contribution < 1.29 is 68.1 Å². The maximum Gasteiger partial charge on any atom is 0.248 e. The van der Waals surface area contributed by atoms with Gasteiger partial charge in [-0.05, 0) is 109 Å². The molecular formula is C61H109N11O14. The predicted molar refractivity (Wildman–Crippen MR) is 327 cm³/mol. The maximum absolute atomic E-state index is 15.1. The fraction of sp³-hybridized carbons (Fsp3) is 0.787. The number of likely N-dealkylation sites (N-methyl/N-ethyl adjacent to an activating group) is 6. The summed E-state index contributed by atoms with van der Waals surface area (Å²) in [5.74, 6) is -11.2. The summed E-state index contributed by atoms with van der Waals surface area (Å²) in [7, 11) is 7.83. The lowest BCUT2D eigenvalue weighted by Gasteiger charge is -2.40. The second-order valence-corrected chi connectivity index (χ2v) is 25.8. The average molecular weight is 1220 g/mol. The van der Waals surface area contributed by atoms with Gasteiger partial charge in [0.1, 0.15) is 66.5 Å². The molecule has 1 saturated heterocycles. The lowest BCUT2D eigenvalue weighted by atomic mass is 9.91. The fourth-order valence-electron chi connectivity index (χ4n) is 10.7. The fourth-order valence-corrected chi connectivity index (χ4v) is 10.7. The number of carbonyl (C=O) groups excluding carboxylic acids is 11. The molecule has 15 atom stereocenters. The van der Waals surface area contributed by atoms with Crippen molar-refractivity contribution in [1.29, 1.82) is 0 Å². The molecule has 0 aromatic heterocycles. The number of amides is 11. The van der Waals surface area contributed by atoms with Gasteiger partial charge >= 0.3 is 0 Å². The molecule has 0 radical (unpaired) electrons. The van der Waals surface area contributed by atoms with Crippen LogP contribution in [0.15, 0.2) is 12.2 Å². The molecule has 1 rings (SSSR count). The third-order valence-electron chi connectivity index (χ3n) is 15.9. The van der Waals surface area contributed by atoms with E-state index >= 15 is 4.79 Å². The maximum atomic E-state index is 15.1. The van der Waals surface area contributed by atoms with Gasteiger partial charge in [0, 0.05) is 42.3 Å². The van der Waals surface area contributed by atoms with E-state index in [-0.39, 0.29) is 55.8 Å². The number of rotatable bonds is 15. The molecule has 0 saturated carbocycles. The lowest BCUT2D eigenvalue weighted by molar-refractivity contribution is -0.155. The largest absolute Gasteiger partial charge is 0.391 e. The van der Waals surface area contributed by atoms with Crippen LogP contribution >= 0.6 is 0 Å². The van der Waals surface area contributed by atoms with Crippen LogP contribution in [0, 0.1) is 35.5 Å². The first-order valence-corrected chi connectivity index (χ1v) is 30.4. The number of nitrogens with one attached hydrogen (secondary N) is 5. The molecule has 0 spiro atoms. The summed E-state index contributed by atoms with van der Waals surface area (Å²) < 4.78 is 0. The van der Waals surface area contributed by atoms with Crippen LogP contribution in [0.25, 0.3) is 0 Å². The zero-order valence-corrected chi connectivity index (χ0v) is 55.8. The van der Waals surface area contributed by atoms with Crippen molar-refractivity contribution in [2.75, 3.05) is 42.3 Å². The van der Waals surface area contributed by atoms with Crippen molar-refractivity contribution in [3.63, 3.8) is 0 Å². The lowest BCUT2D eigenvalue weighted by Crippen LogP contribution is -2.65. The van der Waals surface area contributed by atoms with Gasteiger partial charge in [0.25, 0.3) is 0 Å². The SMILES string of the molecule is CC=CC[C@@H](C)[C@@H](O)[C@H]1C(=O)N[C@@H]([C@@H](C)O)C(=O)N(C)[C@H](C)C(=O)N(C)[C@@H](C(C)O)C(=O)N[C@@H](CC(C)C)C(=O)N(C)[C@@H](CC(C)C)C(=O)N[C@@H](C)C(=O)N[C@H](C)C(=O)N(C)[C@@H](CC(C)C)C(=O)N[C@@H](CC(C)C)C(=O)N(C)[C@@H](C(C)C)C(=O)N1C. The minimum absolute atomic E-state index is 0.0383. The highest BCUT2D eigenvalue weighted by atomic mass is 16.3. The number of aliphatic hydroxyl groups excluding tert-OH is 3. The van der Waals surface area contributed by atoms with Crippen LogP contribution in [0.3, 0.4) is 0 Å². The van der Waals surface area contributed by atoms with Crippen LogP contribution in [-0.4, -0.2) is 237 Å². The Labute approximate surface area is 511 Å². The first-order chi connectivity index (χ1) is 39.6. The van der Waals surface area contributed by atoms with Gasteiger partial charge in [-0.3, -0.25) is 52.7 Å². The quantitative estimate of drug-likeness (QED) is 0.106. The number of carbonyl (C=O) groups is 11. The molecular weight excluding hydrogens is 1110 g/mol. The van der Waals surface area contributed by atoms with Gasteiger partial charge in [0.05, 0.1) is 18.3 Å². The Morgan fingerprint density at radius 3 is 1.23 bits per heavy atom. The summed E-state index contributed by atoms with van der Waals surface area (Å²) in [5.41, 5.74) is 0. The van der Waals surface area contributed by atoms with E-state index in [9.17, 15) is 63.3 Å². The van der Waals surface area contributed by atoms with Crippen LogP contribution in [0.5, 0.6) is 0 Å². The molecule has 492 valence electrons. The van der Waals surface area contributed by atoms with Crippen molar-refractivity contribution >= 4 is 65.0 Å². The summed E-state index contributed by atoms with van der Waals surface area (Å²) in [6.45, 7) is 27.9. The molecule has 86 heavy (non-hydrogen) atoms. The first-order valence-electron chi connectivity index (χ1n) is 30.4. The molecule has 1 aliphatic rings. The highest BCUT2D eigenvalue weighted by Gasteiger charge is 2.46. The number of nitrogens with zero attached hydrogens (tertiary/aromatic N) is 6. The van der Waals surface area contributed by atoms with E-state index in [1.807, 2.05) is 41.5 Å². The standard InChI is InChI=1S/C61H109N11O14/c1-24-25-26-36(12)50(75)49-55(80)66-46(40(16)73)60(85)67(18)39(15)57(82)71(22)48(41(17)74)54(79)65-42(27-31(2)3)58(83)69(20)44(29-33(6)7)52(77)62-37(13)51(76)63-38(14)56(81)68(19)45(30-34(8)9)53(78)64-43(28-32(4)5)59(84)70(21)47(35(10)11)61(86)72(49)23/h24-25,31-50,73-75H,26-30H2,1-23H3,(H,62,77)(H,63,76)(H,64,78)(H,65,79)(H,66,80)/t36-,37+,38-,39-,40-,41?,42+,43+,44+,45+,46+,47+,48+,49+,50-/m1/s1. The zero-order valence-electron chi connectivity index (χ0n) is 55.8. The molecule has 25 nitrogen and oxygen atoms in total. The minimum atomic E-state index is -1.81. The van der Waals surface area contributed by atoms with E-state index in [4.69, 9.17) is 0 Å². The Kier molecular flexibility index (Phi) is 31.6. The van der Waals surface area contributed by atoms with E-state index in [0.29, 0.717) is 0 Å². The second-order valence-electron chi connectivity index (χ2n) is 25.8. The van der Waals surface area contributed by atoms with Gasteiger partial charge < -0.3 is 71.3 Å². The number of allylic oxidation sites excluding steroid dienone is 2. The van der Waals surface area contributed by atoms with Crippen LogP contribution in [-0.2, 0) is 52.7 Å². The molecule has 1 aliphatic heterocycles. The summed E-state index contributed by atoms with van der Waals surface area (Å²) in [6, 6.07) is -15.5. The normalized spacial score (nSPS) is 28.2. The van der Waals surface area contributed by atoms with Crippen LogP contribution in [0.1, 0.15) is 150 Å². The highest BCUT2D eigenvalue weighted by molar-refractivity contribution is 6.00. The van der Waals surface area contributed by atoms with Crippen LogP contribution in [0.2, 0.25) is 0 Å². The van der Waals surface area contributed by atoms with Gasteiger partial charge in [-0.2, -0.15) is 0 Å². The Morgan fingerprint density at radius 2 is 0.802 bits per heavy atom.